The number of nitro groups is 1. The third-order valence-corrected chi connectivity index (χ3v) is 2.45. The first kappa shape index (κ1) is 11.6. The molecule has 0 aliphatic carbocycles. The van der Waals surface area contributed by atoms with E-state index in [1.54, 1.807) is 19.1 Å². The smallest absolute Gasteiger partial charge is 0.269 e. The zero-order valence-corrected chi connectivity index (χ0v) is 8.39. The van der Waals surface area contributed by atoms with E-state index in [1.165, 1.54) is 12.1 Å². The lowest BCUT2D eigenvalue weighted by Crippen LogP contribution is -2.28. The highest BCUT2D eigenvalue weighted by Crippen LogP contribution is 2.21. The van der Waals surface area contributed by atoms with Crippen LogP contribution in [0.5, 0.6) is 0 Å². The van der Waals surface area contributed by atoms with Gasteiger partial charge in [0.15, 0.2) is 0 Å². The number of non-ortho nitro benzene ring substituents is 1. The fraction of sp³-hybridized carbons (Fsp3) is 0.400. The highest BCUT2D eigenvalue weighted by Gasteiger charge is 2.15. The Morgan fingerprint density at radius 2 is 2.00 bits per heavy atom. The minimum atomic E-state index is -0.599. The zero-order chi connectivity index (χ0) is 11.4. The Morgan fingerprint density at radius 1 is 1.47 bits per heavy atom. The number of nitrogens with zero attached hydrogens (tertiary/aromatic N) is 1. The number of hydrogen-bond acceptors (Lipinski definition) is 3. The largest absolute Gasteiger partial charge is 0.325 e. The Labute approximate surface area is 87.0 Å². The van der Waals surface area contributed by atoms with Crippen molar-refractivity contribution in [3.63, 3.8) is 0 Å². The second-order valence-electron chi connectivity index (χ2n) is 3.46. The van der Waals surface area contributed by atoms with Crippen LogP contribution in [-0.2, 0) is 0 Å². The van der Waals surface area contributed by atoms with E-state index in [-0.39, 0.29) is 11.6 Å². The molecule has 5 heteroatoms. The number of alkyl halides is 1. The van der Waals surface area contributed by atoms with E-state index >= 15 is 0 Å². The molecular weight excluding hydrogens is 199 g/mol. The van der Waals surface area contributed by atoms with Gasteiger partial charge >= 0.3 is 0 Å². The van der Waals surface area contributed by atoms with Crippen molar-refractivity contribution >= 4 is 5.69 Å². The van der Waals surface area contributed by atoms with E-state index in [2.05, 4.69) is 0 Å². The van der Waals surface area contributed by atoms with Crippen LogP contribution in [0.25, 0.3) is 0 Å². The van der Waals surface area contributed by atoms with Crippen LogP contribution in [-0.4, -0.2) is 17.6 Å². The molecule has 82 valence electrons. The summed E-state index contributed by atoms with van der Waals surface area (Å²) in [6.07, 6.45) is 0. The fourth-order valence-electron chi connectivity index (χ4n) is 1.28. The van der Waals surface area contributed by atoms with Crippen LogP contribution >= 0.6 is 0 Å². The molecule has 0 aromatic heterocycles. The van der Waals surface area contributed by atoms with E-state index in [1.807, 2.05) is 0 Å². The molecule has 0 bridgehead atoms. The average molecular weight is 212 g/mol. The van der Waals surface area contributed by atoms with Crippen LogP contribution in [0.3, 0.4) is 0 Å². The summed E-state index contributed by atoms with van der Waals surface area (Å²) in [5, 5.41) is 10.4. The van der Waals surface area contributed by atoms with Gasteiger partial charge in [-0.3, -0.25) is 10.1 Å². The topological polar surface area (TPSA) is 69.2 Å². The Bertz CT molecular complexity index is 340. The highest BCUT2D eigenvalue weighted by molar-refractivity contribution is 5.34. The minimum absolute atomic E-state index is 0.0276. The lowest BCUT2D eigenvalue weighted by atomic mass is 9.94. The molecule has 0 radical (unpaired) electrons. The van der Waals surface area contributed by atoms with Crippen molar-refractivity contribution in [2.24, 2.45) is 5.73 Å². The molecule has 4 nitrogen and oxygen atoms in total. The molecule has 0 saturated carbocycles. The summed E-state index contributed by atoms with van der Waals surface area (Å²) in [5.41, 5.74) is 6.38. The van der Waals surface area contributed by atoms with Gasteiger partial charge in [-0.05, 0) is 11.5 Å². The van der Waals surface area contributed by atoms with Crippen molar-refractivity contribution in [3.05, 3.63) is 39.9 Å². The highest BCUT2D eigenvalue weighted by atomic mass is 19.1. The maximum atomic E-state index is 12.3. The number of halogens is 1. The summed E-state index contributed by atoms with van der Waals surface area (Å²) in [6, 6.07) is 5.45. The van der Waals surface area contributed by atoms with Gasteiger partial charge in [-0.25, -0.2) is 4.39 Å². The lowest BCUT2D eigenvalue weighted by molar-refractivity contribution is -0.384. The Morgan fingerprint density at radius 3 is 2.40 bits per heavy atom. The maximum Gasteiger partial charge on any atom is 0.269 e. The second-order valence-corrected chi connectivity index (χ2v) is 3.46. The van der Waals surface area contributed by atoms with E-state index < -0.39 is 17.6 Å². The van der Waals surface area contributed by atoms with Crippen molar-refractivity contribution in [1.82, 2.24) is 0 Å². The molecule has 2 N–H and O–H groups in total. The molecule has 0 spiro atoms. The van der Waals surface area contributed by atoms with E-state index in [0.29, 0.717) is 0 Å². The number of hydrogen-bond donors (Lipinski definition) is 1. The van der Waals surface area contributed by atoms with E-state index in [0.717, 1.165) is 5.56 Å². The average Bonchev–Trinajstić information content (AvgIpc) is 2.27. The molecule has 2 unspecified atom stereocenters. The standard InChI is InChI=1S/C10H13FN2O2/c1-7(10(12)6-11)8-2-4-9(5-3-8)13(14)15/h2-5,7,10H,6,12H2,1H3. The second kappa shape index (κ2) is 4.84. The summed E-state index contributed by atoms with van der Waals surface area (Å²) < 4.78 is 12.3. The van der Waals surface area contributed by atoms with Crippen molar-refractivity contribution < 1.29 is 9.31 Å². The SMILES string of the molecule is CC(c1ccc([N+](=O)[O-])cc1)C(N)CF. The molecule has 2 atom stereocenters. The molecule has 15 heavy (non-hydrogen) atoms. The summed E-state index contributed by atoms with van der Waals surface area (Å²) in [6.45, 7) is 1.20. The summed E-state index contributed by atoms with van der Waals surface area (Å²) in [4.78, 5) is 9.92. The predicted molar refractivity (Wildman–Crippen MR) is 55.5 cm³/mol. The number of rotatable bonds is 4. The van der Waals surface area contributed by atoms with Crippen LogP contribution in [0, 0.1) is 10.1 Å². The lowest BCUT2D eigenvalue weighted by Gasteiger charge is -2.16. The Kier molecular flexibility index (Phi) is 3.74. The van der Waals surface area contributed by atoms with E-state index in [9.17, 15) is 14.5 Å². The number of benzene rings is 1. The van der Waals surface area contributed by atoms with Gasteiger partial charge < -0.3 is 5.73 Å². The van der Waals surface area contributed by atoms with Crippen molar-refractivity contribution in [2.75, 3.05) is 6.67 Å². The maximum absolute atomic E-state index is 12.3. The Hall–Kier alpha value is -1.49. The molecule has 0 saturated heterocycles. The summed E-state index contributed by atoms with van der Waals surface area (Å²) in [7, 11) is 0. The molecule has 0 fully saturated rings. The Balaban J connectivity index is 2.84. The van der Waals surface area contributed by atoms with Crippen LogP contribution in [0.15, 0.2) is 24.3 Å². The third kappa shape index (κ3) is 2.73. The first-order valence-electron chi connectivity index (χ1n) is 4.62. The van der Waals surface area contributed by atoms with Gasteiger partial charge in [0.05, 0.1) is 4.92 Å². The van der Waals surface area contributed by atoms with Crippen LogP contribution < -0.4 is 5.73 Å². The normalized spacial score (nSPS) is 14.6. The van der Waals surface area contributed by atoms with E-state index in [4.69, 9.17) is 5.73 Å². The van der Waals surface area contributed by atoms with Gasteiger partial charge in [-0.1, -0.05) is 19.1 Å². The first-order valence-corrected chi connectivity index (χ1v) is 4.62. The molecular formula is C10H13FN2O2. The van der Waals surface area contributed by atoms with Crippen molar-refractivity contribution in [1.29, 1.82) is 0 Å². The molecule has 0 heterocycles. The predicted octanol–water partition coefficient (Wildman–Crippen LogP) is 2.00. The third-order valence-electron chi connectivity index (χ3n) is 2.45. The van der Waals surface area contributed by atoms with Gasteiger partial charge in [0.1, 0.15) is 6.67 Å². The zero-order valence-electron chi connectivity index (χ0n) is 8.39. The van der Waals surface area contributed by atoms with Gasteiger partial charge in [0.25, 0.3) is 5.69 Å². The quantitative estimate of drug-likeness (QED) is 0.613. The first-order chi connectivity index (χ1) is 7.06. The number of nitro benzene ring substituents is 1. The molecule has 0 aliphatic heterocycles. The van der Waals surface area contributed by atoms with Crippen molar-refractivity contribution in [3.8, 4) is 0 Å². The van der Waals surface area contributed by atoms with Gasteiger partial charge in [-0.15, -0.1) is 0 Å². The van der Waals surface area contributed by atoms with Gasteiger partial charge in [0, 0.05) is 18.2 Å². The number of nitrogens with two attached hydrogens (primary N) is 1. The molecule has 1 aromatic carbocycles. The molecule has 0 aliphatic rings. The molecule has 1 rings (SSSR count). The van der Waals surface area contributed by atoms with Gasteiger partial charge in [0.2, 0.25) is 0 Å². The summed E-state index contributed by atoms with van der Waals surface area (Å²) >= 11 is 0. The van der Waals surface area contributed by atoms with Crippen LogP contribution in [0.2, 0.25) is 0 Å². The van der Waals surface area contributed by atoms with Crippen LogP contribution in [0.1, 0.15) is 18.4 Å². The minimum Gasteiger partial charge on any atom is -0.325 e. The monoisotopic (exact) mass is 212 g/mol. The molecule has 1 aromatic rings. The fourth-order valence-corrected chi connectivity index (χ4v) is 1.28. The van der Waals surface area contributed by atoms with Crippen molar-refractivity contribution in [2.45, 2.75) is 18.9 Å². The molecule has 0 amide bonds. The summed E-state index contributed by atoms with van der Waals surface area (Å²) in [5.74, 6) is -0.143. The van der Waals surface area contributed by atoms with Gasteiger partial charge in [-0.2, -0.15) is 0 Å². The van der Waals surface area contributed by atoms with Crippen LogP contribution in [0.4, 0.5) is 10.1 Å².